The maximum absolute atomic E-state index is 13.7. The summed E-state index contributed by atoms with van der Waals surface area (Å²) in [6.07, 6.45) is 0.239. The van der Waals surface area contributed by atoms with Gasteiger partial charge in [0.25, 0.3) is 0 Å². The third kappa shape index (κ3) is 3.05. The molecule has 1 N–H and O–H groups in total. The van der Waals surface area contributed by atoms with Crippen molar-refractivity contribution in [3.05, 3.63) is 29.6 Å². The molecule has 0 bridgehead atoms. The molecule has 0 aliphatic carbocycles. The summed E-state index contributed by atoms with van der Waals surface area (Å²) >= 11 is 0. The van der Waals surface area contributed by atoms with Crippen LogP contribution in [0.15, 0.2) is 18.2 Å². The fraction of sp³-hybridized carbons (Fsp3) is 0.462. The Morgan fingerprint density at radius 2 is 2.44 bits per heavy atom. The molecule has 18 heavy (non-hydrogen) atoms. The highest BCUT2D eigenvalue weighted by Gasteiger charge is 2.20. The highest BCUT2D eigenvalue weighted by molar-refractivity contribution is 5.96. The van der Waals surface area contributed by atoms with E-state index >= 15 is 0 Å². The lowest BCUT2D eigenvalue weighted by Crippen LogP contribution is -2.42. The molecule has 1 aromatic carbocycles. The molecule has 1 aliphatic rings. The molecule has 4 nitrogen and oxygen atoms in total. The lowest BCUT2D eigenvalue weighted by atomic mass is 10.0. The molecule has 1 fully saturated rings. The van der Waals surface area contributed by atoms with Crippen molar-refractivity contribution in [3.8, 4) is 5.75 Å². The standard InChI is InChI=1S/C13H16FNO3/c1-17-10-2-3-11(12(14)7-10)13(16)6-9-8-18-5-4-15-9/h2-3,7,9,15H,4-6,8H2,1H3. The molecule has 1 atom stereocenters. The Morgan fingerprint density at radius 1 is 1.61 bits per heavy atom. The van der Waals surface area contributed by atoms with Crippen LogP contribution in [-0.4, -0.2) is 38.7 Å². The van der Waals surface area contributed by atoms with Crippen LogP contribution in [0.5, 0.6) is 5.75 Å². The second-order valence-electron chi connectivity index (χ2n) is 4.20. The van der Waals surface area contributed by atoms with Crippen molar-refractivity contribution < 1.29 is 18.7 Å². The highest BCUT2D eigenvalue weighted by Crippen LogP contribution is 2.18. The normalized spacial score (nSPS) is 19.6. The minimum atomic E-state index is -0.545. The first kappa shape index (κ1) is 13.0. The first-order valence-corrected chi connectivity index (χ1v) is 5.88. The van der Waals surface area contributed by atoms with Gasteiger partial charge in [0, 0.05) is 25.1 Å². The number of rotatable bonds is 4. The van der Waals surface area contributed by atoms with Crippen LogP contribution in [0.3, 0.4) is 0 Å². The topological polar surface area (TPSA) is 47.6 Å². The fourth-order valence-corrected chi connectivity index (χ4v) is 1.93. The lowest BCUT2D eigenvalue weighted by Gasteiger charge is -2.23. The summed E-state index contributed by atoms with van der Waals surface area (Å²) in [5.74, 6) is -0.364. The molecule has 0 amide bonds. The van der Waals surface area contributed by atoms with Crippen LogP contribution in [0, 0.1) is 5.82 Å². The van der Waals surface area contributed by atoms with Crippen LogP contribution in [0.1, 0.15) is 16.8 Å². The smallest absolute Gasteiger partial charge is 0.167 e. The summed E-state index contributed by atoms with van der Waals surface area (Å²) in [5, 5.41) is 3.17. The number of methoxy groups -OCH3 is 1. The van der Waals surface area contributed by atoms with Gasteiger partial charge < -0.3 is 14.8 Å². The monoisotopic (exact) mass is 253 g/mol. The van der Waals surface area contributed by atoms with E-state index in [1.165, 1.54) is 19.2 Å². The minimum absolute atomic E-state index is 0.0345. The highest BCUT2D eigenvalue weighted by atomic mass is 19.1. The van der Waals surface area contributed by atoms with E-state index < -0.39 is 5.82 Å². The summed E-state index contributed by atoms with van der Waals surface area (Å²) in [6, 6.07) is 4.23. The summed E-state index contributed by atoms with van der Waals surface area (Å²) in [7, 11) is 1.46. The van der Waals surface area contributed by atoms with Crippen molar-refractivity contribution in [1.82, 2.24) is 5.32 Å². The van der Waals surface area contributed by atoms with E-state index in [0.29, 0.717) is 19.0 Å². The zero-order valence-corrected chi connectivity index (χ0v) is 10.2. The van der Waals surface area contributed by atoms with Gasteiger partial charge in [-0.2, -0.15) is 0 Å². The Hall–Kier alpha value is -1.46. The van der Waals surface area contributed by atoms with Crippen molar-refractivity contribution in [2.45, 2.75) is 12.5 Å². The number of hydrogen-bond donors (Lipinski definition) is 1. The molecule has 1 saturated heterocycles. The van der Waals surface area contributed by atoms with Gasteiger partial charge in [0.1, 0.15) is 11.6 Å². The number of Topliss-reactive ketones (excluding diaryl/α,β-unsaturated/α-hetero) is 1. The maximum Gasteiger partial charge on any atom is 0.167 e. The zero-order valence-electron chi connectivity index (χ0n) is 10.2. The number of ketones is 1. The Kier molecular flexibility index (Phi) is 4.28. The molecular weight excluding hydrogens is 237 g/mol. The van der Waals surface area contributed by atoms with E-state index in [9.17, 15) is 9.18 Å². The first-order valence-electron chi connectivity index (χ1n) is 5.88. The number of ether oxygens (including phenoxy) is 2. The number of nitrogens with one attached hydrogen (secondary N) is 1. The van der Waals surface area contributed by atoms with E-state index in [1.807, 2.05) is 0 Å². The number of benzene rings is 1. The van der Waals surface area contributed by atoms with Gasteiger partial charge in [-0.15, -0.1) is 0 Å². The predicted molar refractivity (Wildman–Crippen MR) is 64.5 cm³/mol. The number of hydrogen-bond acceptors (Lipinski definition) is 4. The molecule has 5 heteroatoms. The summed E-state index contributed by atoms with van der Waals surface area (Å²) in [5.41, 5.74) is 0.100. The van der Waals surface area contributed by atoms with Crippen LogP contribution in [0.25, 0.3) is 0 Å². The Balaban J connectivity index is 2.03. The summed E-state index contributed by atoms with van der Waals surface area (Å²) < 4.78 is 23.8. The Labute approximate surface area is 105 Å². The Morgan fingerprint density at radius 3 is 3.06 bits per heavy atom. The van der Waals surface area contributed by atoms with Crippen LogP contribution < -0.4 is 10.1 Å². The Bertz CT molecular complexity index is 430. The second kappa shape index (κ2) is 5.93. The molecule has 1 aromatic rings. The second-order valence-corrected chi connectivity index (χ2v) is 4.20. The van der Waals surface area contributed by atoms with Gasteiger partial charge >= 0.3 is 0 Å². The van der Waals surface area contributed by atoms with Gasteiger partial charge in [0.2, 0.25) is 0 Å². The lowest BCUT2D eigenvalue weighted by molar-refractivity contribution is 0.0674. The molecule has 0 saturated carbocycles. The van der Waals surface area contributed by atoms with Gasteiger partial charge in [-0.05, 0) is 12.1 Å². The third-order valence-electron chi connectivity index (χ3n) is 2.91. The molecule has 1 unspecified atom stereocenters. The number of carbonyl (C=O) groups excluding carboxylic acids is 1. The number of carbonyl (C=O) groups is 1. The average Bonchev–Trinajstić information content (AvgIpc) is 2.39. The fourth-order valence-electron chi connectivity index (χ4n) is 1.93. The largest absolute Gasteiger partial charge is 0.497 e. The number of halogens is 1. The number of morpholine rings is 1. The molecule has 1 aliphatic heterocycles. The summed E-state index contributed by atoms with van der Waals surface area (Å²) in [4.78, 5) is 12.0. The predicted octanol–water partition coefficient (Wildman–Crippen LogP) is 1.40. The van der Waals surface area contributed by atoms with Crippen molar-refractivity contribution >= 4 is 5.78 Å². The molecule has 2 rings (SSSR count). The first-order chi connectivity index (χ1) is 8.70. The van der Waals surface area contributed by atoms with E-state index in [2.05, 4.69) is 5.32 Å². The summed E-state index contributed by atoms with van der Waals surface area (Å²) in [6.45, 7) is 1.87. The van der Waals surface area contributed by atoms with E-state index in [0.717, 1.165) is 6.54 Å². The van der Waals surface area contributed by atoms with Crippen LogP contribution in [0.2, 0.25) is 0 Å². The zero-order chi connectivity index (χ0) is 13.0. The van der Waals surface area contributed by atoms with Crippen LogP contribution >= 0.6 is 0 Å². The molecular formula is C13H16FNO3. The molecule has 98 valence electrons. The average molecular weight is 253 g/mol. The van der Waals surface area contributed by atoms with Gasteiger partial charge in [0.15, 0.2) is 5.78 Å². The molecule has 0 aromatic heterocycles. The molecule has 0 radical (unpaired) electrons. The van der Waals surface area contributed by atoms with Crippen molar-refractivity contribution in [2.75, 3.05) is 26.9 Å². The van der Waals surface area contributed by atoms with Gasteiger partial charge in [-0.1, -0.05) is 0 Å². The third-order valence-corrected chi connectivity index (χ3v) is 2.91. The van der Waals surface area contributed by atoms with Crippen molar-refractivity contribution in [1.29, 1.82) is 0 Å². The van der Waals surface area contributed by atoms with E-state index in [-0.39, 0.29) is 23.8 Å². The van der Waals surface area contributed by atoms with E-state index in [1.54, 1.807) is 6.07 Å². The molecule has 1 heterocycles. The quantitative estimate of drug-likeness (QED) is 0.824. The van der Waals surface area contributed by atoms with Gasteiger partial charge in [0.05, 0.1) is 25.9 Å². The molecule has 0 spiro atoms. The van der Waals surface area contributed by atoms with Gasteiger partial charge in [-0.25, -0.2) is 4.39 Å². The minimum Gasteiger partial charge on any atom is -0.497 e. The van der Waals surface area contributed by atoms with Crippen LogP contribution in [-0.2, 0) is 4.74 Å². The van der Waals surface area contributed by atoms with Crippen LogP contribution in [0.4, 0.5) is 4.39 Å². The van der Waals surface area contributed by atoms with E-state index in [4.69, 9.17) is 9.47 Å². The SMILES string of the molecule is COc1ccc(C(=O)CC2COCCN2)c(F)c1. The van der Waals surface area contributed by atoms with Crippen molar-refractivity contribution in [3.63, 3.8) is 0 Å². The van der Waals surface area contributed by atoms with Gasteiger partial charge in [-0.3, -0.25) is 4.79 Å². The maximum atomic E-state index is 13.7. The van der Waals surface area contributed by atoms with Crippen molar-refractivity contribution in [2.24, 2.45) is 0 Å².